The smallest absolute Gasteiger partial charge is 0.329 e. The number of hydrogen-bond donors (Lipinski definition) is 0. The number of imidazole rings is 1. The molecule has 0 spiro atoms. The zero-order chi connectivity index (χ0) is 18.1. The van der Waals surface area contributed by atoms with Crippen LogP contribution in [0.3, 0.4) is 0 Å². The first-order valence-corrected chi connectivity index (χ1v) is 9.54. The highest BCUT2D eigenvalue weighted by Crippen LogP contribution is 2.31. The summed E-state index contributed by atoms with van der Waals surface area (Å²) in [6.07, 6.45) is 5.40. The maximum Gasteiger partial charge on any atom is 0.471 e. The minimum atomic E-state index is -4.64. The van der Waals surface area contributed by atoms with Crippen molar-refractivity contribution in [3.05, 3.63) is 36.1 Å². The number of nitrogens with zero attached hydrogens (tertiary/aromatic N) is 4. The lowest BCUT2D eigenvalue weighted by molar-refractivity contribution is -0.159. The third-order valence-electron chi connectivity index (χ3n) is 4.45. The highest BCUT2D eigenvalue weighted by molar-refractivity contribution is 7.99. The van der Waals surface area contributed by atoms with Gasteiger partial charge in [0, 0.05) is 29.0 Å². The molecule has 0 atom stereocenters. The number of halogens is 3. The fraction of sp³-hybridized carbons (Fsp3) is 0.471. The zero-order valence-corrected chi connectivity index (χ0v) is 14.7. The molecule has 1 fully saturated rings. The van der Waals surface area contributed by atoms with E-state index in [1.54, 1.807) is 22.7 Å². The number of fused-ring (bicyclic) bond motifs is 1. The van der Waals surface area contributed by atoms with Gasteiger partial charge in [-0.15, -0.1) is 0 Å². The molecule has 1 aliphatic carbocycles. The summed E-state index contributed by atoms with van der Waals surface area (Å²) in [7, 11) is 0. The fourth-order valence-electron chi connectivity index (χ4n) is 3.14. The molecule has 0 bridgehead atoms. The Morgan fingerprint density at radius 2 is 1.92 bits per heavy atom. The molecule has 5 nitrogen and oxygen atoms in total. The predicted octanol–water partition coefficient (Wildman–Crippen LogP) is 4.97. The lowest BCUT2D eigenvalue weighted by Crippen LogP contribution is -2.08. The molecule has 0 aromatic carbocycles. The second-order valence-corrected chi connectivity index (χ2v) is 7.70. The van der Waals surface area contributed by atoms with Gasteiger partial charge in [0.1, 0.15) is 5.65 Å². The molecule has 4 rings (SSSR count). The summed E-state index contributed by atoms with van der Waals surface area (Å²) in [5, 5.41) is 4.12. The van der Waals surface area contributed by atoms with Gasteiger partial charge in [-0.3, -0.25) is 0 Å². The van der Waals surface area contributed by atoms with E-state index in [2.05, 4.69) is 19.6 Å². The number of aromatic nitrogens is 4. The molecular weight excluding hydrogens is 365 g/mol. The fourth-order valence-corrected chi connectivity index (χ4v) is 4.35. The SMILES string of the molecule is FC(F)(F)c1nc(-c2ccc3nc(CSC4CCCCC4)cn3c2)no1. The van der Waals surface area contributed by atoms with Crippen LogP contribution in [0, 0.1) is 0 Å². The van der Waals surface area contributed by atoms with Gasteiger partial charge in [0.25, 0.3) is 0 Å². The summed E-state index contributed by atoms with van der Waals surface area (Å²) in [5.74, 6) is -0.601. The normalized spacial score (nSPS) is 16.4. The molecule has 3 aromatic rings. The Morgan fingerprint density at radius 3 is 2.65 bits per heavy atom. The summed E-state index contributed by atoms with van der Waals surface area (Å²) in [6.45, 7) is 0. The molecule has 0 amide bonds. The minimum absolute atomic E-state index is 0.0916. The summed E-state index contributed by atoms with van der Waals surface area (Å²) in [5.41, 5.74) is 2.15. The molecule has 9 heteroatoms. The first-order valence-electron chi connectivity index (χ1n) is 8.49. The van der Waals surface area contributed by atoms with Crippen molar-refractivity contribution in [3.63, 3.8) is 0 Å². The van der Waals surface area contributed by atoms with Crippen molar-refractivity contribution in [1.29, 1.82) is 0 Å². The van der Waals surface area contributed by atoms with E-state index in [0.717, 1.165) is 17.1 Å². The number of hydrogen-bond acceptors (Lipinski definition) is 5. The van der Waals surface area contributed by atoms with Crippen molar-refractivity contribution < 1.29 is 17.7 Å². The predicted molar refractivity (Wildman–Crippen MR) is 91.7 cm³/mol. The molecule has 26 heavy (non-hydrogen) atoms. The standard InChI is InChI=1S/C17H17F3N4OS/c18-17(19,20)16-22-15(23-25-16)11-6-7-14-21-12(9-24(14)8-11)10-26-13-4-2-1-3-5-13/h6-9,13H,1-5,10H2. The molecule has 0 N–H and O–H groups in total. The Morgan fingerprint density at radius 1 is 1.12 bits per heavy atom. The third kappa shape index (κ3) is 3.72. The quantitative estimate of drug-likeness (QED) is 0.638. The molecule has 0 unspecified atom stereocenters. The van der Waals surface area contributed by atoms with Gasteiger partial charge in [-0.2, -0.15) is 29.9 Å². The average Bonchev–Trinajstić information content (AvgIpc) is 3.26. The first-order chi connectivity index (χ1) is 12.5. The summed E-state index contributed by atoms with van der Waals surface area (Å²) in [4.78, 5) is 8.00. The van der Waals surface area contributed by atoms with Crippen molar-refractivity contribution in [2.75, 3.05) is 0 Å². The maximum absolute atomic E-state index is 12.6. The van der Waals surface area contributed by atoms with Gasteiger partial charge in [-0.1, -0.05) is 24.4 Å². The Hall–Kier alpha value is -2.03. The van der Waals surface area contributed by atoms with E-state index in [1.807, 2.05) is 18.0 Å². The van der Waals surface area contributed by atoms with Crippen LogP contribution >= 0.6 is 11.8 Å². The van der Waals surface area contributed by atoms with Crippen LogP contribution in [0.1, 0.15) is 43.7 Å². The van der Waals surface area contributed by atoms with Gasteiger partial charge in [0.15, 0.2) is 0 Å². The molecule has 1 aliphatic rings. The van der Waals surface area contributed by atoms with E-state index >= 15 is 0 Å². The van der Waals surface area contributed by atoms with Gasteiger partial charge in [-0.25, -0.2) is 4.98 Å². The van der Waals surface area contributed by atoms with Crippen LogP contribution in [0.25, 0.3) is 17.0 Å². The third-order valence-corrected chi connectivity index (χ3v) is 5.85. The largest absolute Gasteiger partial charge is 0.471 e. The van der Waals surface area contributed by atoms with Gasteiger partial charge in [-0.05, 0) is 25.0 Å². The molecule has 138 valence electrons. The van der Waals surface area contributed by atoms with Crippen molar-refractivity contribution >= 4 is 17.4 Å². The molecular formula is C17H17F3N4OS. The topological polar surface area (TPSA) is 56.2 Å². The Kier molecular flexibility index (Phi) is 4.64. The Balaban J connectivity index is 1.51. The number of thioether (sulfide) groups is 1. The van der Waals surface area contributed by atoms with E-state index in [4.69, 9.17) is 0 Å². The molecule has 0 radical (unpaired) electrons. The lowest BCUT2D eigenvalue weighted by atomic mass is 10.0. The monoisotopic (exact) mass is 382 g/mol. The van der Waals surface area contributed by atoms with Gasteiger partial charge >= 0.3 is 12.1 Å². The van der Waals surface area contributed by atoms with Crippen LogP contribution in [0.5, 0.6) is 0 Å². The average molecular weight is 382 g/mol. The second-order valence-electron chi connectivity index (χ2n) is 6.41. The second kappa shape index (κ2) is 6.94. The lowest BCUT2D eigenvalue weighted by Gasteiger charge is -2.20. The maximum atomic E-state index is 12.6. The first kappa shape index (κ1) is 17.4. The van der Waals surface area contributed by atoms with Crippen molar-refractivity contribution in [2.45, 2.75) is 49.3 Å². The van der Waals surface area contributed by atoms with Gasteiger partial charge in [0.05, 0.1) is 5.69 Å². The Bertz CT molecular complexity index is 899. The van der Waals surface area contributed by atoms with Crippen LogP contribution in [0.4, 0.5) is 13.2 Å². The van der Waals surface area contributed by atoms with Crippen molar-refractivity contribution in [3.8, 4) is 11.4 Å². The molecule has 3 aromatic heterocycles. The van der Waals surface area contributed by atoms with Gasteiger partial charge < -0.3 is 8.92 Å². The van der Waals surface area contributed by atoms with E-state index in [0.29, 0.717) is 10.8 Å². The molecule has 1 saturated carbocycles. The van der Waals surface area contributed by atoms with E-state index in [-0.39, 0.29) is 5.82 Å². The van der Waals surface area contributed by atoms with Crippen LogP contribution in [-0.4, -0.2) is 24.8 Å². The summed E-state index contributed by atoms with van der Waals surface area (Å²) in [6, 6.07) is 3.39. The summed E-state index contributed by atoms with van der Waals surface area (Å²) < 4.78 is 43.9. The Labute approximate surface area is 152 Å². The number of alkyl halides is 3. The van der Waals surface area contributed by atoms with Crippen LogP contribution in [0.15, 0.2) is 29.0 Å². The van der Waals surface area contributed by atoms with Crippen LogP contribution in [0.2, 0.25) is 0 Å². The van der Waals surface area contributed by atoms with E-state index in [9.17, 15) is 13.2 Å². The van der Waals surface area contributed by atoms with E-state index in [1.165, 1.54) is 32.1 Å². The van der Waals surface area contributed by atoms with Crippen molar-refractivity contribution in [2.24, 2.45) is 0 Å². The van der Waals surface area contributed by atoms with E-state index < -0.39 is 12.1 Å². The van der Waals surface area contributed by atoms with Crippen LogP contribution in [-0.2, 0) is 11.9 Å². The molecule has 0 saturated heterocycles. The summed E-state index contributed by atoms with van der Waals surface area (Å²) >= 11 is 1.93. The van der Waals surface area contributed by atoms with Crippen LogP contribution < -0.4 is 0 Å². The molecule has 3 heterocycles. The molecule has 0 aliphatic heterocycles. The van der Waals surface area contributed by atoms with Crippen molar-refractivity contribution in [1.82, 2.24) is 19.5 Å². The highest BCUT2D eigenvalue weighted by atomic mass is 32.2. The highest BCUT2D eigenvalue weighted by Gasteiger charge is 2.38. The number of pyridine rings is 1. The van der Waals surface area contributed by atoms with Gasteiger partial charge in [0.2, 0.25) is 5.82 Å². The number of rotatable bonds is 4. The zero-order valence-electron chi connectivity index (χ0n) is 13.9. The minimum Gasteiger partial charge on any atom is -0.329 e.